The number of benzene rings is 2. The lowest BCUT2D eigenvalue weighted by Gasteiger charge is -2.15. The van der Waals surface area contributed by atoms with E-state index in [0.29, 0.717) is 5.71 Å². The van der Waals surface area contributed by atoms with Crippen molar-refractivity contribution >= 4 is 46.1 Å². The Balaban J connectivity index is 1.73. The van der Waals surface area contributed by atoms with Crippen molar-refractivity contribution in [2.45, 2.75) is 18.6 Å². The Bertz CT molecular complexity index is 1020. The summed E-state index contributed by atoms with van der Waals surface area (Å²) < 4.78 is 0. The van der Waals surface area contributed by atoms with E-state index < -0.39 is 23.0 Å². The van der Waals surface area contributed by atoms with Crippen LogP contribution in [0.15, 0.2) is 64.8 Å². The zero-order valence-electron chi connectivity index (χ0n) is 15.5. The van der Waals surface area contributed by atoms with E-state index in [9.17, 15) is 14.4 Å². The van der Waals surface area contributed by atoms with Gasteiger partial charge in [0.05, 0.1) is 17.0 Å². The minimum absolute atomic E-state index is 0.00833. The summed E-state index contributed by atoms with van der Waals surface area (Å²) in [6.45, 7) is 1.79. The van der Waals surface area contributed by atoms with Crippen molar-refractivity contribution in [2.24, 2.45) is 15.9 Å². The van der Waals surface area contributed by atoms with Gasteiger partial charge in [-0.05, 0) is 30.7 Å². The number of thioether (sulfide) groups is 1. The summed E-state index contributed by atoms with van der Waals surface area (Å²) in [5.41, 5.74) is 7.65. The summed E-state index contributed by atoms with van der Waals surface area (Å²) in [5, 5.41) is 16.4. The van der Waals surface area contributed by atoms with Gasteiger partial charge in [-0.3, -0.25) is 9.59 Å². The van der Waals surface area contributed by atoms with E-state index in [2.05, 4.69) is 10.2 Å². The van der Waals surface area contributed by atoms with Gasteiger partial charge in [0.1, 0.15) is 5.25 Å². The minimum atomic E-state index is -1.14. The maximum atomic E-state index is 12.7. The number of carbonyl (C=O) groups is 3. The molecule has 1 heterocycles. The number of hydrogen-bond donors (Lipinski definition) is 2. The molecule has 0 aliphatic carbocycles. The molecule has 1 atom stereocenters. The summed E-state index contributed by atoms with van der Waals surface area (Å²) in [5.74, 6) is -2.03. The van der Waals surface area contributed by atoms with Gasteiger partial charge < -0.3 is 10.8 Å². The molecule has 148 valence electrons. The number of anilines is 1. The molecule has 2 amide bonds. The number of hydrogen-bond acceptors (Lipinski definition) is 6. The lowest BCUT2D eigenvalue weighted by Crippen LogP contribution is -2.32. The summed E-state index contributed by atoms with van der Waals surface area (Å²) in [7, 11) is 0. The van der Waals surface area contributed by atoms with Crippen molar-refractivity contribution < 1.29 is 19.5 Å². The van der Waals surface area contributed by atoms with E-state index >= 15 is 0 Å². The third kappa shape index (κ3) is 4.69. The van der Waals surface area contributed by atoms with Crippen molar-refractivity contribution in [1.29, 1.82) is 0 Å². The third-order valence-corrected chi connectivity index (χ3v) is 5.19. The van der Waals surface area contributed by atoms with Crippen LogP contribution in [0.3, 0.4) is 0 Å². The monoisotopic (exact) mass is 410 g/mol. The molecule has 1 aliphatic heterocycles. The smallest absolute Gasteiger partial charge is 0.335 e. The number of carboxylic acid groups (broad SMARTS) is 1. The fraction of sp³-hybridized carbons (Fsp3) is 0.150. The molecule has 1 saturated heterocycles. The molecule has 3 rings (SSSR count). The highest BCUT2D eigenvalue weighted by Crippen LogP contribution is 2.30. The van der Waals surface area contributed by atoms with Crippen LogP contribution in [-0.4, -0.2) is 39.0 Å². The molecule has 8 nitrogen and oxygen atoms in total. The van der Waals surface area contributed by atoms with E-state index in [1.54, 1.807) is 6.92 Å². The largest absolute Gasteiger partial charge is 0.478 e. The van der Waals surface area contributed by atoms with E-state index in [1.165, 1.54) is 24.3 Å². The molecule has 2 aromatic rings. The molecule has 1 unspecified atom stereocenters. The molecule has 0 saturated carbocycles. The maximum Gasteiger partial charge on any atom is 0.335 e. The first kappa shape index (κ1) is 20.3. The Morgan fingerprint density at radius 1 is 1.10 bits per heavy atom. The molecule has 1 fully saturated rings. The topological polar surface area (TPSA) is 125 Å². The van der Waals surface area contributed by atoms with Crippen molar-refractivity contribution in [2.75, 3.05) is 4.90 Å². The molecule has 0 aromatic heterocycles. The molecule has 29 heavy (non-hydrogen) atoms. The fourth-order valence-corrected chi connectivity index (χ4v) is 3.59. The summed E-state index contributed by atoms with van der Waals surface area (Å²) in [6.07, 6.45) is -0.0571. The van der Waals surface area contributed by atoms with Gasteiger partial charge in [-0.25, -0.2) is 9.69 Å². The molecular weight excluding hydrogens is 392 g/mol. The number of nitrogens with two attached hydrogens (primary N) is 1. The van der Waals surface area contributed by atoms with Crippen LogP contribution in [0, 0.1) is 0 Å². The molecular formula is C20H18N4O4S. The Labute approximate surface area is 171 Å². The number of carbonyl (C=O) groups excluding carboxylic acids is 2. The van der Waals surface area contributed by atoms with Crippen LogP contribution in [0.25, 0.3) is 0 Å². The Morgan fingerprint density at radius 3 is 2.48 bits per heavy atom. The van der Waals surface area contributed by atoms with E-state index in [0.717, 1.165) is 22.2 Å². The normalized spacial score (nSPS) is 17.7. The Morgan fingerprint density at radius 2 is 1.79 bits per heavy atom. The summed E-state index contributed by atoms with van der Waals surface area (Å²) >= 11 is 0.957. The third-order valence-electron chi connectivity index (χ3n) is 4.21. The summed E-state index contributed by atoms with van der Waals surface area (Å²) in [6, 6.07) is 15.1. The first-order valence-corrected chi connectivity index (χ1v) is 9.54. The predicted molar refractivity (Wildman–Crippen MR) is 112 cm³/mol. The number of nitrogens with zero attached hydrogens (tertiary/aromatic N) is 3. The lowest BCUT2D eigenvalue weighted by molar-refractivity contribution is -0.121. The molecule has 0 bridgehead atoms. The zero-order chi connectivity index (χ0) is 21.0. The van der Waals surface area contributed by atoms with Crippen LogP contribution < -0.4 is 10.6 Å². The second-order valence-electron chi connectivity index (χ2n) is 6.22. The van der Waals surface area contributed by atoms with Crippen molar-refractivity contribution in [3.63, 3.8) is 0 Å². The predicted octanol–water partition coefficient (Wildman–Crippen LogP) is 2.49. The van der Waals surface area contributed by atoms with Crippen molar-refractivity contribution in [1.82, 2.24) is 0 Å². The van der Waals surface area contributed by atoms with Gasteiger partial charge in [0.2, 0.25) is 11.8 Å². The van der Waals surface area contributed by atoms with Gasteiger partial charge in [0.25, 0.3) is 0 Å². The van der Waals surface area contributed by atoms with Crippen molar-refractivity contribution in [3.05, 3.63) is 65.7 Å². The van der Waals surface area contributed by atoms with Crippen LogP contribution >= 0.6 is 11.8 Å². The highest BCUT2D eigenvalue weighted by atomic mass is 32.2. The number of rotatable bonds is 5. The van der Waals surface area contributed by atoms with Crippen LogP contribution in [0.2, 0.25) is 0 Å². The second kappa shape index (κ2) is 8.70. The average molecular weight is 410 g/mol. The molecule has 9 heteroatoms. The first-order valence-electron chi connectivity index (χ1n) is 8.67. The molecule has 2 aromatic carbocycles. The average Bonchev–Trinajstić information content (AvgIpc) is 2.99. The van der Waals surface area contributed by atoms with Gasteiger partial charge >= 0.3 is 5.97 Å². The van der Waals surface area contributed by atoms with Gasteiger partial charge in [0, 0.05) is 6.42 Å². The zero-order valence-corrected chi connectivity index (χ0v) is 16.3. The van der Waals surface area contributed by atoms with Gasteiger partial charge in [-0.1, -0.05) is 48.2 Å². The van der Waals surface area contributed by atoms with E-state index in [-0.39, 0.29) is 22.8 Å². The molecule has 3 N–H and O–H groups in total. The highest BCUT2D eigenvalue weighted by Gasteiger charge is 2.40. The van der Waals surface area contributed by atoms with Gasteiger partial charge in [-0.2, -0.15) is 5.10 Å². The number of amidine groups is 1. The van der Waals surface area contributed by atoms with Gasteiger partial charge in [0.15, 0.2) is 5.17 Å². The molecule has 1 aliphatic rings. The standard InChI is InChI=1S/C20H18N4O4S/c1-12(13-6-3-2-4-7-13)22-23-20(21)29-16-11-17(25)24(18(16)26)15-9-5-8-14(10-15)19(27)28/h2-10,16H,11H2,1H3,(H2,21,23)(H,27,28). The lowest BCUT2D eigenvalue weighted by atomic mass is 10.1. The molecule has 0 radical (unpaired) electrons. The van der Waals surface area contributed by atoms with Crippen molar-refractivity contribution in [3.8, 4) is 0 Å². The van der Waals surface area contributed by atoms with Gasteiger partial charge in [-0.15, -0.1) is 5.10 Å². The summed E-state index contributed by atoms with van der Waals surface area (Å²) in [4.78, 5) is 37.1. The van der Waals surface area contributed by atoms with E-state index in [1.807, 2.05) is 30.3 Å². The van der Waals surface area contributed by atoms with Crippen LogP contribution in [0.5, 0.6) is 0 Å². The first-order chi connectivity index (χ1) is 13.9. The second-order valence-corrected chi connectivity index (χ2v) is 7.45. The Kier molecular flexibility index (Phi) is 6.08. The van der Waals surface area contributed by atoms with Crippen LogP contribution in [-0.2, 0) is 9.59 Å². The highest BCUT2D eigenvalue weighted by molar-refractivity contribution is 8.14. The maximum absolute atomic E-state index is 12.7. The Hall–Kier alpha value is -3.46. The minimum Gasteiger partial charge on any atom is -0.478 e. The number of imide groups is 1. The number of amides is 2. The van der Waals surface area contributed by atoms with Crippen LogP contribution in [0.4, 0.5) is 5.69 Å². The van der Waals surface area contributed by atoms with E-state index in [4.69, 9.17) is 10.8 Å². The fourth-order valence-electron chi connectivity index (χ4n) is 2.78. The van der Waals surface area contributed by atoms with Crippen LogP contribution in [0.1, 0.15) is 29.3 Å². The number of carboxylic acids is 1. The number of aromatic carboxylic acids is 1. The SMILES string of the molecule is CC(=NN=C(N)SC1CC(=O)N(c2cccc(C(=O)O)c2)C1=O)c1ccccc1. The quantitative estimate of drug-likeness (QED) is 0.338. The molecule has 0 spiro atoms.